The molecule has 0 unspecified atom stereocenters. The molecule has 0 heterocycles. The van der Waals surface area contributed by atoms with Crippen LogP contribution in [-0.4, -0.2) is 53.5 Å². The zero-order valence-corrected chi connectivity index (χ0v) is 14.5. The van der Waals surface area contributed by atoms with Crippen LogP contribution in [0.3, 0.4) is 0 Å². The average molecular weight is 277 g/mol. The molecule has 0 aliphatic carbocycles. The Balaban J connectivity index is 4.58. The summed E-state index contributed by atoms with van der Waals surface area (Å²) < 4.78 is 5.32. The van der Waals surface area contributed by atoms with Crippen LogP contribution in [0.25, 0.3) is 0 Å². The minimum atomic E-state index is -1.08. The summed E-state index contributed by atoms with van der Waals surface area (Å²) in [4.78, 5) is 0. The second kappa shape index (κ2) is 4.61. The molecule has 0 atom stereocenters. The van der Waals surface area contributed by atoms with Crippen LogP contribution in [0, 0.1) is 0 Å². The molecule has 0 N–H and O–H groups in total. The van der Waals surface area contributed by atoms with E-state index in [1.165, 1.54) is 0 Å². The van der Waals surface area contributed by atoms with Crippen LogP contribution in [0.4, 0.5) is 0 Å². The summed E-state index contributed by atoms with van der Waals surface area (Å²) in [5.74, 6) is 0. The van der Waals surface area contributed by atoms with Crippen molar-refractivity contribution in [1.82, 2.24) is 7.05 Å². The molecule has 2 radical (unpaired) electrons. The number of hydrogen-bond donors (Lipinski definition) is 0. The van der Waals surface area contributed by atoms with Gasteiger partial charge in [-0.1, -0.05) is 0 Å². The molecule has 0 aromatic heterocycles. The van der Waals surface area contributed by atoms with Crippen molar-refractivity contribution in [2.45, 2.75) is 39.3 Å². The van der Waals surface area contributed by atoms with Crippen molar-refractivity contribution >= 4 is 32.3 Å². The van der Waals surface area contributed by atoms with Gasteiger partial charge < -0.3 is 0 Å². The topological polar surface area (TPSA) is 6.48 Å². The van der Waals surface area contributed by atoms with Gasteiger partial charge in [-0.15, -0.1) is 0 Å². The fraction of sp³-hybridized carbons (Fsp3) is 1.00. The third kappa shape index (κ3) is 5.36. The Morgan fingerprint density at radius 2 is 1.08 bits per heavy atom. The van der Waals surface area contributed by atoms with Crippen LogP contribution in [0.15, 0.2) is 0 Å². The van der Waals surface area contributed by atoms with E-state index in [1.807, 2.05) is 0 Å². The molecule has 0 saturated heterocycles. The molecule has 0 aliphatic heterocycles. The third-order valence-corrected chi connectivity index (χ3v) is 19.1. The maximum absolute atomic E-state index is 2.90. The zero-order valence-electron chi connectivity index (χ0n) is 10.4. The van der Waals surface area contributed by atoms with Crippen LogP contribution in [0.1, 0.15) is 0 Å². The van der Waals surface area contributed by atoms with E-state index < -0.39 is 16.5 Å². The van der Waals surface area contributed by atoms with Crippen LogP contribution in [-0.2, 0) is 0 Å². The summed E-state index contributed by atoms with van der Waals surface area (Å²) in [5, 5.41) is 0. The number of nitrogens with zero attached hydrogens (tertiary/aromatic N) is 2. The van der Waals surface area contributed by atoms with Gasteiger partial charge in [0, 0.05) is 0 Å². The Morgan fingerprint density at radius 1 is 0.769 bits per heavy atom. The van der Waals surface area contributed by atoms with Crippen LogP contribution < -0.4 is 0 Å². The fourth-order valence-electron chi connectivity index (χ4n) is 1.51. The van der Waals surface area contributed by atoms with E-state index in [9.17, 15) is 0 Å². The van der Waals surface area contributed by atoms with Gasteiger partial charge in [-0.2, -0.15) is 0 Å². The second-order valence-electron chi connectivity index (χ2n) is 5.67. The van der Waals surface area contributed by atoms with Gasteiger partial charge in [0.25, 0.3) is 0 Å². The normalized spacial score (nSPS) is 14.3. The molecule has 0 aromatic carbocycles. The Morgan fingerprint density at radius 3 is 1.15 bits per heavy atom. The van der Waals surface area contributed by atoms with Gasteiger partial charge >= 0.3 is 92.8 Å². The molecule has 0 fully saturated rings. The quantitative estimate of drug-likeness (QED) is 0.726. The van der Waals surface area contributed by atoms with E-state index in [0.717, 1.165) is 0 Å². The Bertz CT molecular complexity index is 147. The van der Waals surface area contributed by atoms with Gasteiger partial charge in [-0.05, 0) is 0 Å². The van der Waals surface area contributed by atoms with E-state index in [0.29, 0.717) is 0 Å². The van der Waals surface area contributed by atoms with E-state index in [1.54, 1.807) is 0 Å². The van der Waals surface area contributed by atoms with Gasteiger partial charge in [-0.25, -0.2) is 0 Å². The molecule has 0 aromatic rings. The molecule has 0 saturated carbocycles. The second-order valence-corrected chi connectivity index (χ2v) is 20.8. The van der Waals surface area contributed by atoms with Crippen molar-refractivity contribution in [2.24, 2.45) is 0 Å². The predicted octanol–water partition coefficient (Wildman–Crippen LogP) is 2.05. The van der Waals surface area contributed by atoms with E-state index >= 15 is 0 Å². The molecule has 0 bridgehead atoms. The monoisotopic (exact) mass is 278 g/mol. The molecule has 0 rings (SSSR count). The van der Waals surface area contributed by atoms with E-state index in [4.69, 9.17) is 0 Å². The summed E-state index contributed by atoms with van der Waals surface area (Å²) in [6.45, 7) is 14.8. The van der Waals surface area contributed by atoms with Gasteiger partial charge in [0.05, 0.1) is 0 Å². The van der Waals surface area contributed by atoms with Gasteiger partial charge in [0.1, 0.15) is 0 Å². The average Bonchev–Trinajstić information content (AvgIpc) is 1.77. The van der Waals surface area contributed by atoms with Crippen molar-refractivity contribution in [2.75, 3.05) is 14.1 Å². The first-order valence-electron chi connectivity index (χ1n) is 4.79. The summed E-state index contributed by atoms with van der Waals surface area (Å²) in [6, 6.07) is 0. The van der Waals surface area contributed by atoms with Crippen molar-refractivity contribution in [3.05, 3.63) is 0 Å². The molecular weight excluding hydrogens is 253 g/mol. The van der Waals surface area contributed by atoms with Crippen LogP contribution >= 0.6 is 0 Å². The molecule has 0 aliphatic rings. The van der Waals surface area contributed by atoms with Gasteiger partial charge in [0.15, 0.2) is 0 Å². The first kappa shape index (κ1) is 13.9. The molecule has 2 nitrogen and oxygen atoms in total. The summed E-state index contributed by atoms with van der Waals surface area (Å²) >= 11 is -0.0293. The predicted molar refractivity (Wildman–Crippen MR) is 68.0 cm³/mol. The summed E-state index contributed by atoms with van der Waals surface area (Å²) in [6.07, 6.45) is 0. The van der Waals surface area contributed by atoms with Crippen molar-refractivity contribution in [1.29, 1.82) is 0 Å². The first-order valence-corrected chi connectivity index (χ1v) is 13.6. The SMILES string of the molecule is C[N](C)[Ge][N]([Si](C)(C)C)[Si](C)(C)C. The summed E-state index contributed by atoms with van der Waals surface area (Å²) in [5.41, 5.74) is 0. The Hall–Kier alpha value is 0.897. The molecular formula is C8H24GeN2Si2. The standard InChI is InChI=1S/C8H24GeN2Si2/c1-10(2)9-11(12(3,4)5)13(6,7)8/h1-8H3. The number of hydrogen-bond acceptors (Lipinski definition) is 2. The minimum absolute atomic E-state index is 0.0293. The van der Waals surface area contributed by atoms with E-state index in [-0.39, 0.29) is 15.9 Å². The van der Waals surface area contributed by atoms with Crippen molar-refractivity contribution < 1.29 is 0 Å². The zero-order chi connectivity index (χ0) is 10.9. The molecule has 0 amide bonds. The fourth-order valence-corrected chi connectivity index (χ4v) is 16.9. The Labute approximate surface area is 92.8 Å². The van der Waals surface area contributed by atoms with Gasteiger partial charge in [0.2, 0.25) is 0 Å². The number of rotatable bonds is 4. The van der Waals surface area contributed by atoms with Crippen LogP contribution in [0.2, 0.25) is 39.3 Å². The first-order chi connectivity index (χ1) is 5.55. The van der Waals surface area contributed by atoms with E-state index in [2.05, 4.69) is 60.4 Å². The molecule has 13 heavy (non-hydrogen) atoms. The molecule has 0 spiro atoms. The molecule has 78 valence electrons. The van der Waals surface area contributed by atoms with Gasteiger partial charge in [-0.3, -0.25) is 0 Å². The summed E-state index contributed by atoms with van der Waals surface area (Å²) in [7, 11) is 2.28. The third-order valence-electron chi connectivity index (χ3n) is 1.64. The van der Waals surface area contributed by atoms with Crippen molar-refractivity contribution in [3.8, 4) is 0 Å². The maximum atomic E-state index is 2.90. The van der Waals surface area contributed by atoms with Crippen molar-refractivity contribution in [3.63, 3.8) is 0 Å². The van der Waals surface area contributed by atoms with Crippen LogP contribution in [0.5, 0.6) is 0 Å². The Kier molecular flexibility index (Phi) is 4.93. The molecule has 5 heteroatoms.